The van der Waals surface area contributed by atoms with Crippen molar-refractivity contribution < 1.29 is 4.79 Å². The molecule has 2 rings (SSSR count). The Hall–Kier alpha value is -1.64. The van der Waals surface area contributed by atoms with E-state index in [2.05, 4.69) is 11.6 Å². The van der Waals surface area contributed by atoms with Gasteiger partial charge < -0.3 is 4.98 Å². The van der Waals surface area contributed by atoms with E-state index in [0.29, 0.717) is 24.1 Å². The van der Waals surface area contributed by atoms with Crippen LogP contribution >= 0.6 is 0 Å². The van der Waals surface area contributed by atoms with E-state index in [1.807, 2.05) is 0 Å². The Morgan fingerprint density at radius 1 is 1.23 bits per heavy atom. The molecule has 3 heteroatoms. The second-order valence-corrected chi connectivity index (χ2v) is 3.24. The molecular weight excluding hydrogens is 166 g/mol. The maximum Gasteiger partial charge on any atom is 0.248 e. The minimum atomic E-state index is -0.166. The number of carbonyl (C=O) groups is 1. The first-order chi connectivity index (χ1) is 6.16. The first-order valence-electron chi connectivity index (χ1n) is 4.09. The molecule has 0 radical (unpaired) electrons. The highest BCUT2D eigenvalue weighted by atomic mass is 16.1. The number of carbonyl (C=O) groups excluding carboxylic acids is 1. The zero-order valence-corrected chi connectivity index (χ0v) is 7.09. The van der Waals surface area contributed by atoms with E-state index in [1.165, 1.54) is 6.07 Å². The summed E-state index contributed by atoms with van der Waals surface area (Å²) in [6.07, 6.45) is 1.01. The normalized spacial score (nSPS) is 15.7. The molecule has 1 aromatic heterocycles. The SMILES string of the molecule is C=C1CC(=O)c2ccc(=O)[nH]c2C1. The van der Waals surface area contributed by atoms with Crippen molar-refractivity contribution in [3.8, 4) is 0 Å². The van der Waals surface area contributed by atoms with Crippen molar-refractivity contribution in [2.45, 2.75) is 12.8 Å². The van der Waals surface area contributed by atoms with E-state index in [4.69, 9.17) is 0 Å². The number of aromatic amines is 1. The molecule has 0 spiro atoms. The summed E-state index contributed by atoms with van der Waals surface area (Å²) in [6, 6.07) is 2.97. The second-order valence-electron chi connectivity index (χ2n) is 3.24. The van der Waals surface area contributed by atoms with Crippen LogP contribution in [0.25, 0.3) is 0 Å². The van der Waals surface area contributed by atoms with Gasteiger partial charge in [-0.25, -0.2) is 0 Å². The van der Waals surface area contributed by atoms with Crippen molar-refractivity contribution in [1.29, 1.82) is 0 Å². The number of fused-ring (bicyclic) bond motifs is 1. The molecule has 1 aliphatic carbocycles. The van der Waals surface area contributed by atoms with Crippen LogP contribution in [0, 0.1) is 0 Å². The molecule has 0 amide bonds. The minimum Gasteiger partial charge on any atom is -0.325 e. The van der Waals surface area contributed by atoms with Gasteiger partial charge in [0.1, 0.15) is 0 Å². The summed E-state index contributed by atoms with van der Waals surface area (Å²) in [6.45, 7) is 3.75. The van der Waals surface area contributed by atoms with Crippen LogP contribution in [0.1, 0.15) is 22.5 Å². The fraction of sp³-hybridized carbons (Fsp3) is 0.200. The van der Waals surface area contributed by atoms with Gasteiger partial charge in [-0.05, 0) is 6.07 Å². The quantitative estimate of drug-likeness (QED) is 0.599. The number of allylic oxidation sites excluding steroid dienone is 1. The van der Waals surface area contributed by atoms with Gasteiger partial charge in [0.25, 0.3) is 0 Å². The molecule has 0 saturated carbocycles. The fourth-order valence-corrected chi connectivity index (χ4v) is 1.55. The molecule has 1 aromatic rings. The van der Waals surface area contributed by atoms with Crippen molar-refractivity contribution in [3.05, 3.63) is 45.9 Å². The van der Waals surface area contributed by atoms with Gasteiger partial charge in [-0.15, -0.1) is 0 Å². The molecule has 3 nitrogen and oxygen atoms in total. The van der Waals surface area contributed by atoms with Crippen LogP contribution in [-0.4, -0.2) is 10.8 Å². The fourth-order valence-electron chi connectivity index (χ4n) is 1.55. The molecule has 13 heavy (non-hydrogen) atoms. The van der Waals surface area contributed by atoms with Crippen molar-refractivity contribution in [2.24, 2.45) is 0 Å². The summed E-state index contributed by atoms with van der Waals surface area (Å²) in [5.74, 6) is 0.0440. The number of pyridine rings is 1. The van der Waals surface area contributed by atoms with E-state index in [-0.39, 0.29) is 11.3 Å². The van der Waals surface area contributed by atoms with Crippen molar-refractivity contribution in [1.82, 2.24) is 4.98 Å². The van der Waals surface area contributed by atoms with Crippen LogP contribution in [0.15, 0.2) is 29.1 Å². The van der Waals surface area contributed by atoms with E-state index >= 15 is 0 Å². The largest absolute Gasteiger partial charge is 0.325 e. The number of hydrogen-bond acceptors (Lipinski definition) is 2. The monoisotopic (exact) mass is 175 g/mol. The van der Waals surface area contributed by atoms with Gasteiger partial charge in [0.15, 0.2) is 5.78 Å². The predicted octanol–water partition coefficient (Wildman–Crippen LogP) is 1.06. The molecule has 1 heterocycles. The number of H-pyrrole nitrogens is 1. The summed E-state index contributed by atoms with van der Waals surface area (Å²) in [5.41, 5.74) is 2.03. The van der Waals surface area contributed by atoms with Crippen LogP contribution < -0.4 is 5.56 Å². The van der Waals surface area contributed by atoms with Gasteiger partial charge in [-0.1, -0.05) is 12.2 Å². The molecule has 66 valence electrons. The first-order valence-corrected chi connectivity index (χ1v) is 4.09. The topological polar surface area (TPSA) is 49.9 Å². The Kier molecular flexibility index (Phi) is 1.65. The third-order valence-corrected chi connectivity index (χ3v) is 2.14. The van der Waals surface area contributed by atoms with Gasteiger partial charge >= 0.3 is 0 Å². The predicted molar refractivity (Wildman–Crippen MR) is 48.9 cm³/mol. The van der Waals surface area contributed by atoms with Gasteiger partial charge in [-0.2, -0.15) is 0 Å². The van der Waals surface area contributed by atoms with Crippen molar-refractivity contribution >= 4 is 5.78 Å². The zero-order chi connectivity index (χ0) is 9.42. The van der Waals surface area contributed by atoms with Crippen molar-refractivity contribution in [2.75, 3.05) is 0 Å². The Labute approximate surface area is 75.1 Å². The standard InChI is InChI=1S/C10H9NO2/c1-6-4-8-7(9(12)5-6)2-3-10(13)11-8/h2-3H,1,4-5H2,(H,11,13). The average Bonchev–Trinajstić information content (AvgIpc) is 2.02. The van der Waals surface area contributed by atoms with E-state index in [0.717, 1.165) is 5.57 Å². The van der Waals surface area contributed by atoms with Crippen LogP contribution in [0.4, 0.5) is 0 Å². The van der Waals surface area contributed by atoms with Gasteiger partial charge in [0.05, 0.1) is 0 Å². The number of aromatic nitrogens is 1. The summed E-state index contributed by atoms with van der Waals surface area (Å²) in [5, 5.41) is 0. The Balaban J connectivity index is 2.62. The number of hydrogen-bond donors (Lipinski definition) is 1. The lowest BCUT2D eigenvalue weighted by atomic mass is 9.92. The molecule has 1 N–H and O–H groups in total. The van der Waals surface area contributed by atoms with Gasteiger partial charge in [-0.3, -0.25) is 9.59 Å². The van der Waals surface area contributed by atoms with Crippen LogP contribution in [-0.2, 0) is 6.42 Å². The van der Waals surface area contributed by atoms with E-state index in [1.54, 1.807) is 6.07 Å². The number of rotatable bonds is 0. The Bertz CT molecular complexity index is 442. The highest BCUT2D eigenvalue weighted by Gasteiger charge is 2.19. The van der Waals surface area contributed by atoms with Crippen LogP contribution in [0.5, 0.6) is 0 Å². The number of nitrogens with one attached hydrogen (secondary N) is 1. The minimum absolute atomic E-state index is 0.0440. The lowest BCUT2D eigenvalue weighted by molar-refractivity contribution is 0.0987. The third kappa shape index (κ3) is 1.33. The van der Waals surface area contributed by atoms with E-state index in [9.17, 15) is 9.59 Å². The molecule has 0 atom stereocenters. The highest BCUT2D eigenvalue weighted by molar-refractivity contribution is 5.99. The van der Waals surface area contributed by atoms with E-state index < -0.39 is 0 Å². The Morgan fingerprint density at radius 2 is 2.00 bits per heavy atom. The molecule has 0 aromatic carbocycles. The molecule has 0 aliphatic heterocycles. The first kappa shape index (κ1) is 7.98. The molecule has 0 fully saturated rings. The summed E-state index contributed by atoms with van der Waals surface area (Å²) in [7, 11) is 0. The molecule has 0 unspecified atom stereocenters. The third-order valence-electron chi connectivity index (χ3n) is 2.14. The number of ketones is 1. The number of Topliss-reactive ketones (excluding diaryl/α,β-unsaturated/α-hetero) is 1. The van der Waals surface area contributed by atoms with Gasteiger partial charge in [0.2, 0.25) is 5.56 Å². The summed E-state index contributed by atoms with van der Waals surface area (Å²) < 4.78 is 0. The average molecular weight is 175 g/mol. The Morgan fingerprint density at radius 3 is 2.77 bits per heavy atom. The van der Waals surface area contributed by atoms with Crippen molar-refractivity contribution in [3.63, 3.8) is 0 Å². The highest BCUT2D eigenvalue weighted by Crippen LogP contribution is 2.20. The maximum atomic E-state index is 11.4. The molecular formula is C10H9NO2. The lowest BCUT2D eigenvalue weighted by Crippen LogP contribution is -2.19. The smallest absolute Gasteiger partial charge is 0.248 e. The van der Waals surface area contributed by atoms with Crippen LogP contribution in [0.3, 0.4) is 0 Å². The maximum absolute atomic E-state index is 11.4. The summed E-state index contributed by atoms with van der Waals surface area (Å²) in [4.78, 5) is 25.0. The second kappa shape index (κ2) is 2.69. The molecule has 0 bridgehead atoms. The lowest BCUT2D eigenvalue weighted by Gasteiger charge is -2.15. The van der Waals surface area contributed by atoms with Crippen LogP contribution in [0.2, 0.25) is 0 Å². The molecule has 1 aliphatic rings. The summed E-state index contributed by atoms with van der Waals surface area (Å²) >= 11 is 0. The molecule has 0 saturated heterocycles. The zero-order valence-electron chi connectivity index (χ0n) is 7.09. The van der Waals surface area contributed by atoms with Gasteiger partial charge in [0, 0.05) is 30.2 Å².